The van der Waals surface area contributed by atoms with Crippen molar-refractivity contribution in [1.82, 2.24) is 4.72 Å². The van der Waals surface area contributed by atoms with Crippen LogP contribution < -0.4 is 9.46 Å². The molecule has 0 aliphatic heterocycles. The standard InChI is InChI=1S/C22H24F2N2O3S/c1-14(2)30(27,28)26-21-5-3-4-6-22(21)29-17-8-10-19(20(24)12-17)18-9-7-16(23)11-15(18)13-25/h7-12,14,21-22,26H,3-6H2,1-2H3. The quantitative estimate of drug-likeness (QED) is 0.725. The molecule has 2 unspecified atom stereocenters. The summed E-state index contributed by atoms with van der Waals surface area (Å²) in [5.74, 6) is -0.897. The van der Waals surface area contributed by atoms with E-state index in [1.165, 1.54) is 24.3 Å². The maximum Gasteiger partial charge on any atom is 0.214 e. The summed E-state index contributed by atoms with van der Waals surface area (Å²) in [5, 5.41) is 8.65. The fourth-order valence-corrected chi connectivity index (χ4v) is 4.49. The third kappa shape index (κ3) is 4.97. The summed E-state index contributed by atoms with van der Waals surface area (Å²) in [6.07, 6.45) is 2.69. The van der Waals surface area contributed by atoms with Gasteiger partial charge in [0, 0.05) is 17.2 Å². The smallest absolute Gasteiger partial charge is 0.214 e. The Morgan fingerprint density at radius 1 is 1.10 bits per heavy atom. The topological polar surface area (TPSA) is 79.2 Å². The van der Waals surface area contributed by atoms with E-state index in [4.69, 9.17) is 4.74 Å². The van der Waals surface area contributed by atoms with Crippen molar-refractivity contribution in [2.45, 2.75) is 56.9 Å². The van der Waals surface area contributed by atoms with Gasteiger partial charge in [-0.25, -0.2) is 21.9 Å². The summed E-state index contributed by atoms with van der Waals surface area (Å²) in [6, 6.07) is 9.37. The van der Waals surface area contributed by atoms with Crippen molar-refractivity contribution < 1.29 is 21.9 Å². The lowest BCUT2D eigenvalue weighted by Gasteiger charge is -2.32. The zero-order valence-electron chi connectivity index (χ0n) is 16.9. The van der Waals surface area contributed by atoms with Crippen LogP contribution in [-0.4, -0.2) is 25.8 Å². The molecule has 1 N–H and O–H groups in total. The Hall–Kier alpha value is -2.50. The van der Waals surface area contributed by atoms with Crippen molar-refractivity contribution in [3.05, 3.63) is 53.6 Å². The highest BCUT2D eigenvalue weighted by Gasteiger charge is 2.31. The Balaban J connectivity index is 1.82. The van der Waals surface area contributed by atoms with Crippen LogP contribution in [0.3, 0.4) is 0 Å². The largest absolute Gasteiger partial charge is 0.489 e. The molecule has 0 heterocycles. The van der Waals surface area contributed by atoms with Crippen molar-refractivity contribution in [3.63, 3.8) is 0 Å². The number of sulfonamides is 1. The maximum absolute atomic E-state index is 14.8. The Morgan fingerprint density at radius 3 is 2.47 bits per heavy atom. The van der Waals surface area contributed by atoms with Gasteiger partial charge in [0.05, 0.1) is 22.9 Å². The molecular formula is C22H24F2N2O3S. The first-order valence-electron chi connectivity index (χ1n) is 9.88. The van der Waals surface area contributed by atoms with Crippen LogP contribution in [0.2, 0.25) is 0 Å². The number of rotatable bonds is 6. The fraction of sp³-hybridized carbons (Fsp3) is 0.409. The van der Waals surface area contributed by atoms with Gasteiger partial charge < -0.3 is 4.74 Å². The molecule has 0 bridgehead atoms. The number of ether oxygens (including phenoxy) is 1. The summed E-state index contributed by atoms with van der Waals surface area (Å²) in [7, 11) is -3.45. The molecule has 0 radical (unpaired) electrons. The van der Waals surface area contributed by atoms with Gasteiger partial charge in [-0.15, -0.1) is 0 Å². The molecule has 2 atom stereocenters. The lowest BCUT2D eigenvalue weighted by molar-refractivity contribution is 0.124. The van der Waals surface area contributed by atoms with E-state index in [1.807, 2.05) is 6.07 Å². The van der Waals surface area contributed by atoms with Gasteiger partial charge in [-0.2, -0.15) is 5.26 Å². The highest BCUT2D eigenvalue weighted by Crippen LogP contribution is 2.31. The first-order valence-corrected chi connectivity index (χ1v) is 11.4. The van der Waals surface area contributed by atoms with Gasteiger partial charge in [-0.05, 0) is 57.4 Å². The number of hydrogen-bond donors (Lipinski definition) is 1. The summed E-state index contributed by atoms with van der Waals surface area (Å²) >= 11 is 0. The van der Waals surface area contributed by atoms with E-state index in [-0.39, 0.29) is 22.9 Å². The molecule has 5 nitrogen and oxygen atoms in total. The van der Waals surface area contributed by atoms with Crippen LogP contribution in [0, 0.1) is 23.0 Å². The van der Waals surface area contributed by atoms with Gasteiger partial charge >= 0.3 is 0 Å². The number of halogens is 2. The van der Waals surface area contributed by atoms with Crippen LogP contribution in [0.25, 0.3) is 11.1 Å². The average Bonchev–Trinajstić information content (AvgIpc) is 2.69. The number of hydrogen-bond acceptors (Lipinski definition) is 4. The predicted molar refractivity (Wildman–Crippen MR) is 110 cm³/mol. The molecule has 0 spiro atoms. The minimum absolute atomic E-state index is 0.0398. The molecule has 1 fully saturated rings. The molecule has 1 saturated carbocycles. The number of nitriles is 1. The van der Waals surface area contributed by atoms with Crippen LogP contribution in [0.15, 0.2) is 36.4 Å². The summed E-state index contributed by atoms with van der Waals surface area (Å²) in [4.78, 5) is 0. The molecular weight excluding hydrogens is 410 g/mol. The van der Waals surface area contributed by atoms with Crippen LogP contribution in [-0.2, 0) is 10.0 Å². The zero-order chi connectivity index (χ0) is 21.9. The number of nitrogens with zero attached hydrogens (tertiary/aromatic N) is 1. The SMILES string of the molecule is CC(C)S(=O)(=O)NC1CCCCC1Oc1ccc(-c2ccc(F)cc2C#N)c(F)c1. The second-order valence-corrected chi connectivity index (χ2v) is 9.97. The van der Waals surface area contributed by atoms with Gasteiger partial charge in [0.25, 0.3) is 0 Å². The summed E-state index contributed by atoms with van der Waals surface area (Å²) < 4.78 is 61.3. The Labute approximate surface area is 175 Å². The van der Waals surface area contributed by atoms with E-state index in [0.29, 0.717) is 18.4 Å². The van der Waals surface area contributed by atoms with Crippen LogP contribution in [0.1, 0.15) is 45.1 Å². The molecule has 2 aromatic rings. The van der Waals surface area contributed by atoms with E-state index >= 15 is 0 Å². The molecule has 1 aliphatic rings. The van der Waals surface area contributed by atoms with Crippen LogP contribution in [0.5, 0.6) is 5.75 Å². The van der Waals surface area contributed by atoms with Crippen molar-refractivity contribution in [3.8, 4) is 22.9 Å². The molecule has 1 aliphatic carbocycles. The van der Waals surface area contributed by atoms with E-state index in [1.54, 1.807) is 19.9 Å². The molecule has 160 valence electrons. The van der Waals surface area contributed by atoms with Gasteiger partial charge in [0.2, 0.25) is 10.0 Å². The highest BCUT2D eigenvalue weighted by atomic mass is 32.2. The molecule has 8 heteroatoms. The van der Waals surface area contributed by atoms with Gasteiger partial charge in [-0.3, -0.25) is 0 Å². The van der Waals surface area contributed by atoms with Crippen LogP contribution >= 0.6 is 0 Å². The van der Waals surface area contributed by atoms with Crippen molar-refractivity contribution in [2.75, 3.05) is 0 Å². The number of nitrogens with one attached hydrogen (secondary N) is 1. The van der Waals surface area contributed by atoms with Crippen molar-refractivity contribution >= 4 is 10.0 Å². The predicted octanol–water partition coefficient (Wildman–Crippen LogP) is 4.52. The third-order valence-electron chi connectivity index (χ3n) is 5.26. The lowest BCUT2D eigenvalue weighted by atomic mass is 9.93. The van der Waals surface area contributed by atoms with E-state index in [9.17, 15) is 22.5 Å². The monoisotopic (exact) mass is 434 g/mol. The molecule has 0 aromatic heterocycles. The molecule has 2 aromatic carbocycles. The van der Waals surface area contributed by atoms with Crippen LogP contribution in [0.4, 0.5) is 8.78 Å². The second-order valence-electron chi connectivity index (χ2n) is 7.70. The van der Waals surface area contributed by atoms with Gasteiger partial charge in [-0.1, -0.05) is 12.5 Å². The van der Waals surface area contributed by atoms with Crippen molar-refractivity contribution in [2.24, 2.45) is 0 Å². The second kappa shape index (κ2) is 9.11. The summed E-state index contributed by atoms with van der Waals surface area (Å²) in [5.41, 5.74) is 0.501. The van der Waals surface area contributed by atoms with Gasteiger partial charge in [0.1, 0.15) is 23.5 Å². The minimum Gasteiger partial charge on any atom is -0.489 e. The summed E-state index contributed by atoms with van der Waals surface area (Å²) in [6.45, 7) is 3.22. The van der Waals surface area contributed by atoms with E-state index in [0.717, 1.165) is 18.9 Å². The Bertz CT molecular complexity index is 1060. The third-order valence-corrected chi connectivity index (χ3v) is 7.13. The number of benzene rings is 2. The molecule has 0 saturated heterocycles. The maximum atomic E-state index is 14.8. The fourth-order valence-electron chi connectivity index (χ4n) is 3.53. The Kier molecular flexibility index (Phi) is 6.74. The Morgan fingerprint density at radius 2 is 1.80 bits per heavy atom. The van der Waals surface area contributed by atoms with E-state index in [2.05, 4.69) is 4.72 Å². The first-order chi connectivity index (χ1) is 14.2. The first kappa shape index (κ1) is 22.2. The minimum atomic E-state index is -3.45. The molecule has 3 rings (SSSR count). The average molecular weight is 435 g/mol. The van der Waals surface area contributed by atoms with Gasteiger partial charge in [0.15, 0.2) is 0 Å². The normalized spacial score (nSPS) is 19.5. The lowest BCUT2D eigenvalue weighted by Crippen LogP contribution is -2.49. The molecule has 0 amide bonds. The highest BCUT2D eigenvalue weighted by molar-refractivity contribution is 7.90. The van der Waals surface area contributed by atoms with E-state index < -0.39 is 33.0 Å². The molecule has 30 heavy (non-hydrogen) atoms. The van der Waals surface area contributed by atoms with Crippen molar-refractivity contribution in [1.29, 1.82) is 5.26 Å². The zero-order valence-corrected chi connectivity index (χ0v) is 17.7.